The van der Waals surface area contributed by atoms with Gasteiger partial charge in [-0.15, -0.1) is 0 Å². The summed E-state index contributed by atoms with van der Waals surface area (Å²) in [7, 11) is 1.66. The van der Waals surface area contributed by atoms with Crippen molar-refractivity contribution in [2.75, 3.05) is 33.4 Å². The first kappa shape index (κ1) is 22.5. The van der Waals surface area contributed by atoms with Gasteiger partial charge in [-0.1, -0.05) is 17.4 Å². The van der Waals surface area contributed by atoms with Gasteiger partial charge in [0.2, 0.25) is 10.5 Å². The van der Waals surface area contributed by atoms with Gasteiger partial charge in [0.05, 0.1) is 26.9 Å². The van der Waals surface area contributed by atoms with E-state index in [4.69, 9.17) is 9.66 Å². The van der Waals surface area contributed by atoms with Crippen molar-refractivity contribution in [3.8, 4) is 0 Å². The van der Waals surface area contributed by atoms with Crippen LogP contribution in [-0.2, 0) is 21.5 Å². The summed E-state index contributed by atoms with van der Waals surface area (Å²) in [5.41, 5.74) is 2.32. The predicted octanol–water partition coefficient (Wildman–Crippen LogP) is 1.86. The second-order valence-electron chi connectivity index (χ2n) is 7.23. The number of carboxylic acid groups (broad SMARTS) is 1. The number of aryl methyl sites for hydroxylation is 3. The lowest BCUT2D eigenvalue weighted by atomic mass is 10.2. The van der Waals surface area contributed by atoms with Crippen molar-refractivity contribution in [1.82, 2.24) is 0 Å². The lowest BCUT2D eigenvalue weighted by molar-refractivity contribution is -0.862. The molecule has 0 aliphatic carbocycles. The zero-order valence-electron chi connectivity index (χ0n) is 15.9. The molecule has 0 bridgehead atoms. The second-order valence-corrected chi connectivity index (χ2v) is 10.0. The van der Waals surface area contributed by atoms with Gasteiger partial charge in [-0.3, -0.25) is 4.55 Å². The molecule has 2 aromatic rings. The molecular formula is C17H28N2O5S2+2. The van der Waals surface area contributed by atoms with E-state index in [0.29, 0.717) is 17.4 Å². The van der Waals surface area contributed by atoms with E-state index in [-0.39, 0.29) is 12.3 Å². The van der Waals surface area contributed by atoms with Gasteiger partial charge in [0.1, 0.15) is 4.70 Å². The van der Waals surface area contributed by atoms with E-state index in [1.54, 1.807) is 11.3 Å². The van der Waals surface area contributed by atoms with Crippen molar-refractivity contribution >= 4 is 37.6 Å². The molecule has 0 aliphatic heterocycles. The Kier molecular flexibility index (Phi) is 7.70. The number of quaternary nitrogens is 1. The average molecular weight is 405 g/mol. The van der Waals surface area contributed by atoms with E-state index in [9.17, 15) is 13.2 Å². The molecule has 0 amide bonds. The van der Waals surface area contributed by atoms with Crippen LogP contribution in [0.3, 0.4) is 0 Å². The van der Waals surface area contributed by atoms with Gasteiger partial charge in [-0.2, -0.15) is 13.0 Å². The summed E-state index contributed by atoms with van der Waals surface area (Å²) in [6, 6.07) is 6.26. The quantitative estimate of drug-likeness (QED) is 0.435. The number of carboxylic acids is 1. The highest BCUT2D eigenvalue weighted by Crippen LogP contribution is 2.21. The van der Waals surface area contributed by atoms with Gasteiger partial charge in [0, 0.05) is 19.4 Å². The first-order valence-electron chi connectivity index (χ1n) is 8.15. The maximum absolute atomic E-state index is 10.7. The molecule has 2 rings (SSSR count). The molecule has 0 fully saturated rings. The zero-order valence-corrected chi connectivity index (χ0v) is 17.5. The molecule has 0 saturated carbocycles. The van der Waals surface area contributed by atoms with Crippen LogP contribution >= 0.6 is 11.3 Å². The highest BCUT2D eigenvalue weighted by Gasteiger charge is 2.17. The molecule has 9 heteroatoms. The number of rotatable bonds is 6. The second kappa shape index (κ2) is 8.90. The van der Waals surface area contributed by atoms with E-state index >= 15 is 0 Å². The Labute approximate surface area is 158 Å². The summed E-state index contributed by atoms with van der Waals surface area (Å²) in [6.07, 6.45) is 0.421. The smallest absolute Gasteiger partial charge is 0.359 e. The SMILES string of the molecule is C[N+](C)(C)CC(=O)O.Cc1ccc2sc(C)[n+](CCCS(=O)(=O)O)c2c1. The molecule has 1 aromatic heterocycles. The Morgan fingerprint density at radius 3 is 2.31 bits per heavy atom. The number of hydrogen-bond donors (Lipinski definition) is 2. The molecule has 0 spiro atoms. The number of carbonyl (C=O) groups is 1. The van der Waals surface area contributed by atoms with Crippen LogP contribution in [0.2, 0.25) is 0 Å². The minimum atomic E-state index is -3.86. The monoisotopic (exact) mass is 404 g/mol. The van der Waals surface area contributed by atoms with Crippen molar-refractivity contribution in [3.05, 3.63) is 28.8 Å². The molecule has 7 nitrogen and oxygen atoms in total. The largest absolute Gasteiger partial charge is 0.477 e. The summed E-state index contributed by atoms with van der Waals surface area (Å²) >= 11 is 1.70. The Morgan fingerprint density at radius 1 is 1.23 bits per heavy atom. The highest BCUT2D eigenvalue weighted by atomic mass is 32.2. The normalized spacial score (nSPS) is 11.9. The van der Waals surface area contributed by atoms with Crippen LogP contribution in [-0.4, -0.2) is 62.0 Å². The van der Waals surface area contributed by atoms with Crippen LogP contribution in [0.5, 0.6) is 0 Å². The van der Waals surface area contributed by atoms with Crippen molar-refractivity contribution in [1.29, 1.82) is 0 Å². The van der Waals surface area contributed by atoms with Crippen LogP contribution in [0.25, 0.3) is 10.2 Å². The molecule has 0 unspecified atom stereocenters. The fourth-order valence-corrected chi connectivity index (χ4v) is 3.92. The molecule has 2 N–H and O–H groups in total. The van der Waals surface area contributed by atoms with E-state index in [0.717, 1.165) is 10.5 Å². The molecule has 1 aromatic carbocycles. The number of aliphatic carboxylic acids is 1. The summed E-state index contributed by atoms with van der Waals surface area (Å²) in [5, 5.41) is 9.38. The van der Waals surface area contributed by atoms with Gasteiger partial charge in [-0.25, -0.2) is 4.79 Å². The van der Waals surface area contributed by atoms with Gasteiger partial charge in [-0.05, 0) is 18.6 Å². The third-order valence-corrected chi connectivity index (χ3v) is 5.32. The Bertz CT molecular complexity index is 867. The molecule has 0 radical (unpaired) electrons. The Hall–Kier alpha value is -1.55. The number of nitrogens with zero attached hydrogens (tertiary/aromatic N) is 2. The van der Waals surface area contributed by atoms with Crippen molar-refractivity contribution in [2.24, 2.45) is 0 Å². The van der Waals surface area contributed by atoms with E-state index in [1.807, 2.05) is 35.0 Å². The van der Waals surface area contributed by atoms with Gasteiger partial charge in [0.15, 0.2) is 13.1 Å². The predicted molar refractivity (Wildman–Crippen MR) is 103 cm³/mol. The molecule has 0 atom stereocenters. The molecule has 26 heavy (non-hydrogen) atoms. The maximum Gasteiger partial charge on any atom is 0.359 e. The average Bonchev–Trinajstić information content (AvgIpc) is 2.71. The van der Waals surface area contributed by atoms with E-state index in [2.05, 4.69) is 22.8 Å². The molecule has 0 saturated heterocycles. The van der Waals surface area contributed by atoms with Crippen molar-refractivity contribution in [2.45, 2.75) is 26.8 Å². The van der Waals surface area contributed by atoms with Crippen LogP contribution < -0.4 is 4.57 Å². The highest BCUT2D eigenvalue weighted by molar-refractivity contribution is 7.85. The minimum absolute atomic E-state index is 0.181. The minimum Gasteiger partial charge on any atom is -0.477 e. The molecule has 146 valence electrons. The third-order valence-electron chi connectivity index (χ3n) is 3.44. The number of likely N-dealkylation sites (N-methyl/N-ethyl adjacent to an activating group) is 1. The maximum atomic E-state index is 10.7. The fourth-order valence-electron chi connectivity index (χ4n) is 2.40. The van der Waals surface area contributed by atoms with Crippen molar-refractivity contribution < 1.29 is 31.9 Å². The molecular weight excluding hydrogens is 376 g/mol. The van der Waals surface area contributed by atoms with E-state index < -0.39 is 16.1 Å². The van der Waals surface area contributed by atoms with E-state index in [1.165, 1.54) is 10.3 Å². The van der Waals surface area contributed by atoms with Crippen molar-refractivity contribution in [3.63, 3.8) is 0 Å². The summed E-state index contributed by atoms with van der Waals surface area (Å²) in [4.78, 5) is 10.00. The van der Waals surface area contributed by atoms with Crippen LogP contribution in [0.15, 0.2) is 18.2 Å². The summed E-state index contributed by atoms with van der Waals surface area (Å²) in [6.45, 7) is 4.84. The summed E-state index contributed by atoms with van der Waals surface area (Å²) in [5.74, 6) is -0.944. The third kappa shape index (κ3) is 8.22. The van der Waals surface area contributed by atoms with Crippen LogP contribution in [0, 0.1) is 13.8 Å². The fraction of sp³-hybridized carbons (Fsp3) is 0.529. The lowest BCUT2D eigenvalue weighted by Gasteiger charge is -2.20. The van der Waals surface area contributed by atoms with Crippen LogP contribution in [0.4, 0.5) is 0 Å². The van der Waals surface area contributed by atoms with Gasteiger partial charge < -0.3 is 9.59 Å². The zero-order chi connectivity index (χ0) is 20.1. The Balaban J connectivity index is 0.000000359. The van der Waals surface area contributed by atoms with Crippen LogP contribution in [0.1, 0.15) is 17.0 Å². The number of thiazole rings is 1. The number of hydrogen-bond acceptors (Lipinski definition) is 4. The lowest BCUT2D eigenvalue weighted by Crippen LogP contribution is -2.39. The first-order valence-corrected chi connectivity index (χ1v) is 10.6. The number of aromatic nitrogens is 1. The Morgan fingerprint density at radius 2 is 1.85 bits per heavy atom. The molecule has 1 heterocycles. The number of fused-ring (bicyclic) bond motifs is 1. The molecule has 0 aliphatic rings. The standard InChI is InChI=1S/C12H15NO3S2.C5H11NO2/c1-9-4-5-12-11(8-9)13(10(2)17-12)6-3-7-18(14,15)16;1-6(2,3)4-5(7)8/h4-5,8H,3,6-7H2,1-2H3;4H2,1-3H3/p+2. The number of benzene rings is 1. The summed E-state index contributed by atoms with van der Waals surface area (Å²) < 4.78 is 34.0. The first-order chi connectivity index (χ1) is 11.8. The van der Waals surface area contributed by atoms with Gasteiger partial charge in [0.25, 0.3) is 10.1 Å². The topological polar surface area (TPSA) is 95.5 Å². The van der Waals surface area contributed by atoms with Gasteiger partial charge >= 0.3 is 5.97 Å².